The fourth-order valence-corrected chi connectivity index (χ4v) is 0.558. The van der Waals surface area contributed by atoms with Gasteiger partial charge in [0.15, 0.2) is 0 Å². The van der Waals surface area contributed by atoms with Gasteiger partial charge >= 0.3 is 0 Å². The molecule has 0 bridgehead atoms. The average Bonchev–Trinajstić information content (AvgIpc) is 1.99. The number of ether oxygens (including phenoxy) is 2. The second-order valence-corrected chi connectivity index (χ2v) is 1.93. The number of hydrogen-bond donors (Lipinski definition) is 0. The Kier molecular flexibility index (Phi) is 6.25. The van der Waals surface area contributed by atoms with E-state index in [2.05, 4.69) is 5.92 Å². The van der Waals surface area contributed by atoms with Crippen LogP contribution < -0.4 is 0 Å². The third-order valence-electron chi connectivity index (χ3n) is 1.16. The third-order valence-corrected chi connectivity index (χ3v) is 1.16. The molecule has 0 amide bonds. The summed E-state index contributed by atoms with van der Waals surface area (Å²) < 4.78 is 10.0. The molecule has 0 unspecified atom stereocenters. The molecule has 10 heavy (non-hydrogen) atoms. The molecule has 0 N–H and O–H groups in total. The van der Waals surface area contributed by atoms with E-state index in [0.29, 0.717) is 13.2 Å². The highest BCUT2D eigenvalue weighted by Gasteiger charge is 1.98. The van der Waals surface area contributed by atoms with Gasteiger partial charge in [0.1, 0.15) is 6.10 Å². The standard InChI is InChI=1S/C8H14O2/c1-4-8(5-2)10-7-6-9-3/h1,8H,5-7H2,2-3H3/t8-/m0/s1. The van der Waals surface area contributed by atoms with Crippen LogP contribution in [0.2, 0.25) is 0 Å². The molecular formula is C8H14O2. The Morgan fingerprint density at radius 2 is 2.20 bits per heavy atom. The lowest BCUT2D eigenvalue weighted by Gasteiger charge is -2.07. The maximum Gasteiger partial charge on any atom is 0.117 e. The lowest BCUT2D eigenvalue weighted by atomic mass is 10.3. The average molecular weight is 142 g/mol. The van der Waals surface area contributed by atoms with Crippen LogP contribution in [0.4, 0.5) is 0 Å². The molecule has 0 aromatic carbocycles. The molecule has 0 aliphatic rings. The highest BCUT2D eigenvalue weighted by atomic mass is 16.5. The molecule has 0 saturated heterocycles. The van der Waals surface area contributed by atoms with Crippen molar-refractivity contribution in [2.24, 2.45) is 0 Å². The van der Waals surface area contributed by atoms with E-state index in [1.165, 1.54) is 0 Å². The Morgan fingerprint density at radius 1 is 1.50 bits per heavy atom. The Labute approximate surface area is 62.5 Å². The molecule has 0 rings (SSSR count). The van der Waals surface area contributed by atoms with Gasteiger partial charge < -0.3 is 9.47 Å². The number of methoxy groups -OCH3 is 1. The van der Waals surface area contributed by atoms with E-state index in [9.17, 15) is 0 Å². The number of terminal acetylenes is 1. The van der Waals surface area contributed by atoms with Gasteiger partial charge in [-0.15, -0.1) is 6.42 Å². The molecule has 0 aromatic rings. The summed E-state index contributed by atoms with van der Waals surface area (Å²) in [4.78, 5) is 0. The molecule has 2 heteroatoms. The first kappa shape index (κ1) is 9.48. The van der Waals surface area contributed by atoms with Gasteiger partial charge in [-0.05, 0) is 6.42 Å². The van der Waals surface area contributed by atoms with Crippen molar-refractivity contribution in [1.29, 1.82) is 0 Å². The maximum absolute atomic E-state index is 5.22. The van der Waals surface area contributed by atoms with Gasteiger partial charge in [-0.2, -0.15) is 0 Å². The minimum absolute atomic E-state index is 0.0462. The van der Waals surface area contributed by atoms with E-state index in [1.807, 2.05) is 6.92 Å². The van der Waals surface area contributed by atoms with Gasteiger partial charge in [0, 0.05) is 7.11 Å². The molecule has 2 nitrogen and oxygen atoms in total. The van der Waals surface area contributed by atoms with Crippen molar-refractivity contribution in [3.8, 4) is 12.3 Å². The zero-order chi connectivity index (χ0) is 7.82. The van der Waals surface area contributed by atoms with Crippen molar-refractivity contribution in [3.63, 3.8) is 0 Å². The highest BCUT2D eigenvalue weighted by molar-refractivity contribution is 4.93. The van der Waals surface area contributed by atoms with Crippen LogP contribution in [0.1, 0.15) is 13.3 Å². The molecule has 0 radical (unpaired) electrons. The minimum Gasteiger partial charge on any atom is -0.382 e. The van der Waals surface area contributed by atoms with Crippen LogP contribution in [0.5, 0.6) is 0 Å². The van der Waals surface area contributed by atoms with Crippen molar-refractivity contribution in [1.82, 2.24) is 0 Å². The second-order valence-electron chi connectivity index (χ2n) is 1.93. The minimum atomic E-state index is -0.0462. The van der Waals surface area contributed by atoms with Gasteiger partial charge in [0.2, 0.25) is 0 Å². The van der Waals surface area contributed by atoms with Crippen LogP contribution in [0, 0.1) is 12.3 Å². The molecular weight excluding hydrogens is 128 g/mol. The normalized spacial score (nSPS) is 12.5. The molecule has 0 aliphatic heterocycles. The lowest BCUT2D eigenvalue weighted by molar-refractivity contribution is 0.0424. The zero-order valence-corrected chi connectivity index (χ0v) is 6.59. The molecule has 1 atom stereocenters. The van der Waals surface area contributed by atoms with Crippen LogP contribution in [0.25, 0.3) is 0 Å². The zero-order valence-electron chi connectivity index (χ0n) is 6.59. The van der Waals surface area contributed by atoms with E-state index in [4.69, 9.17) is 15.9 Å². The largest absolute Gasteiger partial charge is 0.382 e. The van der Waals surface area contributed by atoms with E-state index in [0.717, 1.165) is 6.42 Å². The van der Waals surface area contributed by atoms with E-state index < -0.39 is 0 Å². The summed E-state index contributed by atoms with van der Waals surface area (Å²) in [5.74, 6) is 2.53. The quantitative estimate of drug-likeness (QED) is 0.422. The van der Waals surface area contributed by atoms with E-state index >= 15 is 0 Å². The van der Waals surface area contributed by atoms with Crippen LogP contribution in [0.3, 0.4) is 0 Å². The maximum atomic E-state index is 5.22. The Balaban J connectivity index is 3.20. The molecule has 58 valence electrons. The third kappa shape index (κ3) is 4.37. The van der Waals surface area contributed by atoms with Gasteiger partial charge in [-0.1, -0.05) is 12.8 Å². The van der Waals surface area contributed by atoms with Crippen molar-refractivity contribution in [2.75, 3.05) is 20.3 Å². The first-order chi connectivity index (χ1) is 4.85. The fraction of sp³-hybridized carbons (Fsp3) is 0.750. The van der Waals surface area contributed by atoms with Gasteiger partial charge in [0.25, 0.3) is 0 Å². The summed E-state index contributed by atoms with van der Waals surface area (Å²) >= 11 is 0. The Morgan fingerprint density at radius 3 is 2.60 bits per heavy atom. The predicted molar refractivity (Wildman–Crippen MR) is 40.7 cm³/mol. The summed E-state index contributed by atoms with van der Waals surface area (Å²) in [7, 11) is 1.64. The van der Waals surface area contributed by atoms with Crippen molar-refractivity contribution in [3.05, 3.63) is 0 Å². The first-order valence-corrected chi connectivity index (χ1v) is 3.41. The highest BCUT2D eigenvalue weighted by Crippen LogP contribution is 1.94. The Bertz CT molecular complexity index is 104. The summed E-state index contributed by atoms with van der Waals surface area (Å²) in [6, 6.07) is 0. The molecule has 0 heterocycles. The van der Waals surface area contributed by atoms with Gasteiger partial charge in [-0.25, -0.2) is 0 Å². The Hall–Kier alpha value is -0.520. The predicted octanol–water partition coefficient (Wildman–Crippen LogP) is 1.06. The van der Waals surface area contributed by atoms with Crippen LogP contribution in [-0.2, 0) is 9.47 Å². The van der Waals surface area contributed by atoms with E-state index in [1.54, 1.807) is 7.11 Å². The van der Waals surface area contributed by atoms with Crippen molar-refractivity contribution in [2.45, 2.75) is 19.4 Å². The summed E-state index contributed by atoms with van der Waals surface area (Å²) in [6.07, 6.45) is 5.96. The number of hydrogen-bond acceptors (Lipinski definition) is 2. The van der Waals surface area contributed by atoms with Crippen LogP contribution >= 0.6 is 0 Å². The van der Waals surface area contributed by atoms with Crippen molar-refractivity contribution >= 4 is 0 Å². The van der Waals surface area contributed by atoms with Gasteiger partial charge in [-0.3, -0.25) is 0 Å². The molecule has 0 fully saturated rings. The molecule has 0 aromatic heterocycles. The smallest absolute Gasteiger partial charge is 0.117 e. The summed E-state index contributed by atoms with van der Waals surface area (Å²) in [6.45, 7) is 3.19. The number of rotatable bonds is 5. The molecule has 0 aliphatic carbocycles. The fourth-order valence-electron chi connectivity index (χ4n) is 0.558. The first-order valence-electron chi connectivity index (χ1n) is 3.41. The summed E-state index contributed by atoms with van der Waals surface area (Å²) in [5, 5.41) is 0. The second kappa shape index (κ2) is 6.60. The van der Waals surface area contributed by atoms with Crippen LogP contribution in [0.15, 0.2) is 0 Å². The van der Waals surface area contributed by atoms with Crippen molar-refractivity contribution < 1.29 is 9.47 Å². The molecule has 0 spiro atoms. The van der Waals surface area contributed by atoms with Gasteiger partial charge in [0.05, 0.1) is 13.2 Å². The summed E-state index contributed by atoms with van der Waals surface area (Å²) in [5.41, 5.74) is 0. The van der Waals surface area contributed by atoms with Crippen LogP contribution in [-0.4, -0.2) is 26.4 Å². The monoisotopic (exact) mass is 142 g/mol. The lowest BCUT2D eigenvalue weighted by Crippen LogP contribution is -2.12. The topological polar surface area (TPSA) is 18.5 Å². The molecule has 0 saturated carbocycles. The van der Waals surface area contributed by atoms with E-state index in [-0.39, 0.29) is 6.10 Å². The SMILES string of the molecule is C#C[C@@H](CC)OCCOC.